The van der Waals surface area contributed by atoms with Crippen molar-refractivity contribution in [2.75, 3.05) is 12.8 Å². The second-order valence-electron chi connectivity index (χ2n) is 6.23. The van der Waals surface area contributed by atoms with Gasteiger partial charge in [0.1, 0.15) is 0 Å². The Morgan fingerprint density at radius 3 is 2.67 bits per heavy atom. The number of hydrogen-bond acceptors (Lipinski definition) is 4. The van der Waals surface area contributed by atoms with E-state index in [0.717, 1.165) is 17.8 Å². The highest BCUT2D eigenvalue weighted by Gasteiger charge is 2.36. The zero-order chi connectivity index (χ0) is 17.0. The van der Waals surface area contributed by atoms with Crippen LogP contribution in [-0.2, 0) is 0 Å². The number of rotatable bonds is 6. The fourth-order valence-corrected chi connectivity index (χ4v) is 3.77. The van der Waals surface area contributed by atoms with E-state index in [-0.39, 0.29) is 16.8 Å². The average molecular weight is 345 g/mol. The first-order valence-electron chi connectivity index (χ1n) is 8.18. The molecule has 2 amide bonds. The molecule has 2 N–H and O–H groups in total. The summed E-state index contributed by atoms with van der Waals surface area (Å²) in [6, 6.07) is 7.77. The minimum atomic E-state index is -0.108. The van der Waals surface area contributed by atoms with Crippen molar-refractivity contribution in [2.45, 2.75) is 37.0 Å². The zero-order valence-electron chi connectivity index (χ0n) is 14.0. The minimum absolute atomic E-state index is 0.0542. The summed E-state index contributed by atoms with van der Waals surface area (Å²) in [6.07, 6.45) is 9.20. The van der Waals surface area contributed by atoms with Crippen molar-refractivity contribution in [3.05, 3.63) is 42.2 Å². The van der Waals surface area contributed by atoms with Crippen molar-refractivity contribution in [3.8, 4) is 5.69 Å². The Balaban J connectivity index is 1.52. The summed E-state index contributed by atoms with van der Waals surface area (Å²) in [4.78, 5) is 12.1. The Kier molecular flexibility index (Phi) is 5.08. The van der Waals surface area contributed by atoms with Gasteiger partial charge in [0.25, 0.3) is 0 Å². The number of benzene rings is 1. The third-order valence-electron chi connectivity index (χ3n) is 4.70. The van der Waals surface area contributed by atoms with Crippen molar-refractivity contribution in [3.63, 3.8) is 0 Å². The fraction of sp³-hybridized carbons (Fsp3) is 0.471. The molecule has 1 aromatic carbocycles. The van der Waals surface area contributed by atoms with Crippen molar-refractivity contribution >= 4 is 17.8 Å². The summed E-state index contributed by atoms with van der Waals surface area (Å²) in [7, 11) is 0. The predicted octanol–water partition coefficient (Wildman–Crippen LogP) is 2.91. The maximum Gasteiger partial charge on any atom is 0.315 e. The maximum absolute atomic E-state index is 12.1. The Morgan fingerprint density at radius 2 is 2.12 bits per heavy atom. The Morgan fingerprint density at radius 1 is 1.38 bits per heavy atom. The van der Waals surface area contributed by atoms with E-state index in [1.54, 1.807) is 17.1 Å². The van der Waals surface area contributed by atoms with E-state index in [9.17, 15) is 4.79 Å². The van der Waals surface area contributed by atoms with E-state index >= 15 is 0 Å². The SMILES string of the molecule is CSC1(CNC(=O)N[C@H](C)c2ccc(-n3ccnn3)cc2)CCC1. The molecule has 128 valence electrons. The summed E-state index contributed by atoms with van der Waals surface area (Å²) in [5.41, 5.74) is 2.00. The molecule has 0 saturated heterocycles. The molecule has 7 heteroatoms. The van der Waals surface area contributed by atoms with Gasteiger partial charge < -0.3 is 10.6 Å². The van der Waals surface area contributed by atoms with Crippen LogP contribution in [0.15, 0.2) is 36.7 Å². The number of aromatic nitrogens is 3. The van der Waals surface area contributed by atoms with Gasteiger partial charge in [0.05, 0.1) is 24.1 Å². The van der Waals surface area contributed by atoms with Gasteiger partial charge in [-0.25, -0.2) is 9.48 Å². The molecule has 0 aliphatic heterocycles. The number of amides is 2. The molecular weight excluding hydrogens is 322 g/mol. The van der Waals surface area contributed by atoms with E-state index in [1.165, 1.54) is 19.3 Å². The molecule has 0 unspecified atom stereocenters. The second-order valence-corrected chi connectivity index (χ2v) is 7.50. The molecule has 24 heavy (non-hydrogen) atoms. The van der Waals surface area contributed by atoms with Crippen LogP contribution >= 0.6 is 11.8 Å². The Labute approximate surface area is 146 Å². The lowest BCUT2D eigenvalue weighted by Gasteiger charge is -2.40. The van der Waals surface area contributed by atoms with Crippen LogP contribution in [0, 0.1) is 0 Å². The molecule has 0 spiro atoms. The summed E-state index contributed by atoms with van der Waals surface area (Å²) in [5, 5.41) is 13.8. The van der Waals surface area contributed by atoms with Crippen molar-refractivity contribution in [1.82, 2.24) is 25.6 Å². The molecule has 1 aromatic heterocycles. The van der Waals surface area contributed by atoms with Gasteiger partial charge in [-0.2, -0.15) is 11.8 Å². The first kappa shape index (κ1) is 16.8. The average Bonchev–Trinajstić information content (AvgIpc) is 3.09. The molecule has 6 nitrogen and oxygen atoms in total. The quantitative estimate of drug-likeness (QED) is 0.844. The minimum Gasteiger partial charge on any atom is -0.337 e. The molecular formula is C17H23N5OS. The molecule has 3 rings (SSSR count). The lowest BCUT2D eigenvalue weighted by Crippen LogP contribution is -2.48. The summed E-state index contributed by atoms with van der Waals surface area (Å²) in [6.45, 7) is 2.72. The van der Waals surface area contributed by atoms with E-state index in [4.69, 9.17) is 0 Å². The normalized spacial score (nSPS) is 16.9. The number of urea groups is 1. The number of nitrogens with zero attached hydrogens (tertiary/aromatic N) is 3. The smallest absolute Gasteiger partial charge is 0.315 e. The number of carbonyl (C=O) groups excluding carboxylic acids is 1. The van der Waals surface area contributed by atoms with Crippen LogP contribution in [0.5, 0.6) is 0 Å². The molecule has 1 saturated carbocycles. The van der Waals surface area contributed by atoms with Crippen LogP contribution in [0.4, 0.5) is 4.79 Å². The van der Waals surface area contributed by atoms with Gasteiger partial charge in [0, 0.05) is 11.3 Å². The predicted molar refractivity (Wildman–Crippen MR) is 96.4 cm³/mol. The van der Waals surface area contributed by atoms with E-state index in [0.29, 0.717) is 0 Å². The van der Waals surface area contributed by atoms with Crippen LogP contribution in [0.25, 0.3) is 5.69 Å². The first-order chi connectivity index (χ1) is 11.6. The first-order valence-corrected chi connectivity index (χ1v) is 9.40. The van der Waals surface area contributed by atoms with E-state index in [1.807, 2.05) is 43.0 Å². The topological polar surface area (TPSA) is 71.8 Å². The highest BCUT2D eigenvalue weighted by molar-refractivity contribution is 8.00. The van der Waals surface area contributed by atoms with Crippen LogP contribution < -0.4 is 10.6 Å². The highest BCUT2D eigenvalue weighted by atomic mass is 32.2. The maximum atomic E-state index is 12.1. The molecule has 1 atom stereocenters. The van der Waals surface area contributed by atoms with Gasteiger partial charge in [-0.05, 0) is 43.7 Å². The third-order valence-corrected chi connectivity index (χ3v) is 6.12. The number of thioether (sulfide) groups is 1. The largest absolute Gasteiger partial charge is 0.337 e. The lowest BCUT2D eigenvalue weighted by atomic mass is 9.84. The number of carbonyl (C=O) groups is 1. The molecule has 0 bridgehead atoms. The van der Waals surface area contributed by atoms with E-state index in [2.05, 4.69) is 27.2 Å². The third kappa shape index (κ3) is 3.72. The van der Waals surface area contributed by atoms with Gasteiger partial charge in [0.2, 0.25) is 0 Å². The monoisotopic (exact) mass is 345 g/mol. The van der Waals surface area contributed by atoms with Crippen LogP contribution in [0.2, 0.25) is 0 Å². The lowest BCUT2D eigenvalue weighted by molar-refractivity contribution is 0.233. The second kappa shape index (κ2) is 7.25. The van der Waals surface area contributed by atoms with Gasteiger partial charge in [-0.15, -0.1) is 5.10 Å². The van der Waals surface area contributed by atoms with Crippen molar-refractivity contribution in [1.29, 1.82) is 0 Å². The molecule has 2 aromatic rings. The van der Waals surface area contributed by atoms with Crippen LogP contribution in [0.3, 0.4) is 0 Å². The van der Waals surface area contributed by atoms with Crippen LogP contribution in [-0.4, -0.2) is 38.6 Å². The standard InChI is InChI=1S/C17H23N5OS/c1-13(20-16(23)18-12-17(24-2)8-3-9-17)14-4-6-15(7-5-14)22-11-10-19-21-22/h4-7,10-11,13H,3,8-9,12H2,1-2H3,(H2,18,20,23)/t13-/m1/s1. The summed E-state index contributed by atoms with van der Waals surface area (Å²) >= 11 is 1.86. The molecule has 0 radical (unpaired) electrons. The molecule has 1 aliphatic carbocycles. The van der Waals surface area contributed by atoms with Gasteiger partial charge in [0.15, 0.2) is 0 Å². The van der Waals surface area contributed by atoms with Crippen molar-refractivity contribution in [2.24, 2.45) is 0 Å². The number of hydrogen-bond donors (Lipinski definition) is 2. The number of nitrogens with one attached hydrogen (secondary N) is 2. The summed E-state index contributed by atoms with van der Waals surface area (Å²) in [5.74, 6) is 0. The fourth-order valence-electron chi connectivity index (χ4n) is 2.86. The van der Waals surface area contributed by atoms with Gasteiger partial charge in [-0.3, -0.25) is 0 Å². The van der Waals surface area contributed by atoms with E-state index < -0.39 is 0 Å². The Bertz CT molecular complexity index is 661. The van der Waals surface area contributed by atoms with Gasteiger partial charge >= 0.3 is 6.03 Å². The highest BCUT2D eigenvalue weighted by Crippen LogP contribution is 2.42. The Hall–Kier alpha value is -2.02. The summed E-state index contributed by atoms with van der Waals surface area (Å²) < 4.78 is 1.95. The molecule has 1 aliphatic rings. The van der Waals surface area contributed by atoms with Crippen LogP contribution in [0.1, 0.15) is 37.8 Å². The molecule has 1 fully saturated rings. The molecule has 1 heterocycles. The van der Waals surface area contributed by atoms with Crippen molar-refractivity contribution < 1.29 is 4.79 Å². The zero-order valence-corrected chi connectivity index (χ0v) is 14.8. The van der Waals surface area contributed by atoms with Gasteiger partial charge in [-0.1, -0.05) is 23.8 Å².